The van der Waals surface area contributed by atoms with E-state index in [2.05, 4.69) is 43.1 Å². The smallest absolute Gasteiger partial charge is 0.347 e. The standard InChI is InChI=1S/C15H15NO2S/c1-10(2)12-6-3-11(4-7-12)5-8-14-16-9-13(19-14)15(17)18/h3-10H,1-2H3,(H,17,18)/b8-5+. The van der Waals surface area contributed by atoms with E-state index in [-0.39, 0.29) is 4.88 Å². The molecule has 1 N–H and O–H groups in total. The average Bonchev–Trinajstić information content (AvgIpc) is 2.86. The molecule has 0 atom stereocenters. The van der Waals surface area contributed by atoms with Crippen molar-refractivity contribution in [2.45, 2.75) is 19.8 Å². The zero-order valence-electron chi connectivity index (χ0n) is 10.8. The summed E-state index contributed by atoms with van der Waals surface area (Å²) in [4.78, 5) is 15.0. The Morgan fingerprint density at radius 3 is 2.47 bits per heavy atom. The van der Waals surface area contributed by atoms with Gasteiger partial charge in [0.25, 0.3) is 0 Å². The second-order valence-electron chi connectivity index (χ2n) is 4.52. The van der Waals surface area contributed by atoms with Gasteiger partial charge in [-0.3, -0.25) is 0 Å². The first-order chi connectivity index (χ1) is 9.06. The SMILES string of the molecule is CC(C)c1ccc(/C=C/c2ncc(C(=O)O)s2)cc1. The molecule has 0 saturated heterocycles. The summed E-state index contributed by atoms with van der Waals surface area (Å²) in [5.74, 6) is -0.409. The molecule has 0 aliphatic rings. The number of carboxylic acid groups (broad SMARTS) is 1. The van der Waals surface area contributed by atoms with Crippen molar-refractivity contribution in [3.8, 4) is 0 Å². The first-order valence-electron chi connectivity index (χ1n) is 6.03. The largest absolute Gasteiger partial charge is 0.477 e. The highest BCUT2D eigenvalue weighted by atomic mass is 32.1. The molecular weight excluding hydrogens is 258 g/mol. The summed E-state index contributed by atoms with van der Waals surface area (Å²) in [5.41, 5.74) is 2.39. The van der Waals surface area contributed by atoms with E-state index < -0.39 is 5.97 Å². The Morgan fingerprint density at radius 2 is 1.95 bits per heavy atom. The molecule has 98 valence electrons. The molecule has 0 aliphatic carbocycles. The minimum Gasteiger partial charge on any atom is -0.477 e. The predicted molar refractivity (Wildman–Crippen MR) is 78.5 cm³/mol. The average molecular weight is 273 g/mol. The van der Waals surface area contributed by atoms with Gasteiger partial charge in [-0.25, -0.2) is 9.78 Å². The first kappa shape index (κ1) is 13.5. The highest BCUT2D eigenvalue weighted by Crippen LogP contribution is 2.18. The number of aromatic carboxylic acids is 1. The van der Waals surface area contributed by atoms with Crippen LogP contribution in [0, 0.1) is 0 Å². The third-order valence-electron chi connectivity index (χ3n) is 2.76. The number of carboxylic acids is 1. The Hall–Kier alpha value is -1.94. The number of rotatable bonds is 4. The monoisotopic (exact) mass is 273 g/mol. The molecule has 0 radical (unpaired) electrons. The van der Waals surface area contributed by atoms with Crippen molar-refractivity contribution in [1.82, 2.24) is 4.98 Å². The first-order valence-corrected chi connectivity index (χ1v) is 6.85. The van der Waals surface area contributed by atoms with Crippen molar-refractivity contribution in [3.63, 3.8) is 0 Å². The Bertz CT molecular complexity index is 597. The molecule has 4 heteroatoms. The van der Waals surface area contributed by atoms with Gasteiger partial charge in [0.1, 0.15) is 9.88 Å². The van der Waals surface area contributed by atoms with Crippen LogP contribution in [0.15, 0.2) is 30.5 Å². The molecule has 0 bridgehead atoms. The second-order valence-corrected chi connectivity index (χ2v) is 5.58. The Kier molecular flexibility index (Phi) is 4.12. The summed E-state index contributed by atoms with van der Waals surface area (Å²) >= 11 is 1.17. The molecule has 1 aromatic carbocycles. The predicted octanol–water partition coefficient (Wildman–Crippen LogP) is 4.14. The number of aromatic nitrogens is 1. The third kappa shape index (κ3) is 3.51. The number of nitrogens with zero attached hydrogens (tertiary/aromatic N) is 1. The Labute approximate surface area is 116 Å². The van der Waals surface area contributed by atoms with Crippen LogP contribution in [-0.2, 0) is 0 Å². The fourth-order valence-electron chi connectivity index (χ4n) is 1.62. The third-order valence-corrected chi connectivity index (χ3v) is 3.71. The molecule has 1 heterocycles. The van der Waals surface area contributed by atoms with E-state index in [0.717, 1.165) is 5.56 Å². The van der Waals surface area contributed by atoms with Gasteiger partial charge in [0, 0.05) is 0 Å². The topological polar surface area (TPSA) is 50.2 Å². The molecule has 0 spiro atoms. The molecule has 0 fully saturated rings. The molecular formula is C15H15NO2S. The van der Waals surface area contributed by atoms with Crippen LogP contribution in [0.3, 0.4) is 0 Å². The van der Waals surface area contributed by atoms with Crippen LogP contribution in [0.25, 0.3) is 12.2 Å². The van der Waals surface area contributed by atoms with Gasteiger partial charge in [-0.05, 0) is 23.1 Å². The molecule has 0 aliphatic heterocycles. The quantitative estimate of drug-likeness (QED) is 0.911. The van der Waals surface area contributed by atoms with Crippen LogP contribution in [0.5, 0.6) is 0 Å². The maximum Gasteiger partial charge on any atom is 0.347 e. The minimum absolute atomic E-state index is 0.259. The van der Waals surface area contributed by atoms with E-state index in [1.54, 1.807) is 0 Å². The van der Waals surface area contributed by atoms with Gasteiger partial charge in [0.15, 0.2) is 0 Å². The van der Waals surface area contributed by atoms with Crippen molar-refractivity contribution in [3.05, 3.63) is 51.5 Å². The summed E-state index contributed by atoms with van der Waals surface area (Å²) in [6, 6.07) is 8.32. The van der Waals surface area contributed by atoms with Gasteiger partial charge in [-0.2, -0.15) is 0 Å². The lowest BCUT2D eigenvalue weighted by molar-refractivity contribution is 0.0702. The Balaban J connectivity index is 2.11. The normalized spacial score (nSPS) is 11.3. The highest BCUT2D eigenvalue weighted by Gasteiger charge is 2.06. The van der Waals surface area contributed by atoms with E-state index in [1.807, 2.05) is 12.2 Å². The number of hydrogen-bond acceptors (Lipinski definition) is 3. The fourth-order valence-corrected chi connectivity index (χ4v) is 2.28. The van der Waals surface area contributed by atoms with Gasteiger partial charge in [-0.15, -0.1) is 11.3 Å². The van der Waals surface area contributed by atoms with Gasteiger partial charge >= 0.3 is 5.97 Å². The van der Waals surface area contributed by atoms with Crippen molar-refractivity contribution in [2.75, 3.05) is 0 Å². The Morgan fingerprint density at radius 1 is 1.26 bits per heavy atom. The maximum absolute atomic E-state index is 10.7. The van der Waals surface area contributed by atoms with E-state index in [4.69, 9.17) is 5.11 Å². The van der Waals surface area contributed by atoms with Gasteiger partial charge in [-0.1, -0.05) is 44.2 Å². The van der Waals surface area contributed by atoms with Gasteiger partial charge in [0.2, 0.25) is 0 Å². The minimum atomic E-state index is -0.932. The van der Waals surface area contributed by atoms with Crippen LogP contribution >= 0.6 is 11.3 Å². The van der Waals surface area contributed by atoms with Crippen molar-refractivity contribution in [2.24, 2.45) is 0 Å². The van der Waals surface area contributed by atoms with E-state index >= 15 is 0 Å². The lowest BCUT2D eigenvalue weighted by atomic mass is 10.0. The van der Waals surface area contributed by atoms with E-state index in [9.17, 15) is 4.79 Å². The molecule has 1 aromatic heterocycles. The summed E-state index contributed by atoms with van der Waals surface area (Å²) in [6.07, 6.45) is 5.16. The van der Waals surface area contributed by atoms with Crippen LogP contribution < -0.4 is 0 Å². The van der Waals surface area contributed by atoms with Crippen LogP contribution in [0.4, 0.5) is 0 Å². The van der Waals surface area contributed by atoms with Crippen molar-refractivity contribution >= 4 is 29.5 Å². The summed E-state index contributed by atoms with van der Waals surface area (Å²) in [5, 5.41) is 9.51. The number of benzene rings is 1. The molecule has 0 unspecified atom stereocenters. The lowest BCUT2D eigenvalue weighted by Gasteiger charge is -2.04. The van der Waals surface area contributed by atoms with Gasteiger partial charge < -0.3 is 5.11 Å². The van der Waals surface area contributed by atoms with E-state index in [1.165, 1.54) is 23.1 Å². The fraction of sp³-hybridized carbons (Fsp3) is 0.200. The van der Waals surface area contributed by atoms with Crippen molar-refractivity contribution < 1.29 is 9.90 Å². The van der Waals surface area contributed by atoms with Crippen LogP contribution in [-0.4, -0.2) is 16.1 Å². The zero-order chi connectivity index (χ0) is 13.8. The maximum atomic E-state index is 10.7. The molecule has 2 aromatic rings. The van der Waals surface area contributed by atoms with Crippen LogP contribution in [0.2, 0.25) is 0 Å². The molecule has 2 rings (SSSR count). The molecule has 0 saturated carbocycles. The summed E-state index contributed by atoms with van der Waals surface area (Å²) in [6.45, 7) is 4.32. The summed E-state index contributed by atoms with van der Waals surface area (Å²) in [7, 11) is 0. The molecule has 3 nitrogen and oxygen atoms in total. The highest BCUT2D eigenvalue weighted by molar-refractivity contribution is 7.14. The van der Waals surface area contributed by atoms with Crippen LogP contribution in [0.1, 0.15) is 45.6 Å². The zero-order valence-corrected chi connectivity index (χ0v) is 11.6. The number of thiazole rings is 1. The number of carbonyl (C=O) groups is 1. The summed E-state index contributed by atoms with van der Waals surface area (Å²) < 4.78 is 0. The molecule has 0 amide bonds. The number of hydrogen-bond donors (Lipinski definition) is 1. The van der Waals surface area contributed by atoms with Gasteiger partial charge in [0.05, 0.1) is 6.20 Å². The lowest BCUT2D eigenvalue weighted by Crippen LogP contribution is -1.89. The molecule has 19 heavy (non-hydrogen) atoms. The van der Waals surface area contributed by atoms with Crippen molar-refractivity contribution in [1.29, 1.82) is 0 Å². The van der Waals surface area contributed by atoms with E-state index in [0.29, 0.717) is 10.9 Å². The second kappa shape index (κ2) is 5.80.